The lowest BCUT2D eigenvalue weighted by Gasteiger charge is -2.25. The molecule has 0 amide bonds. The van der Waals surface area contributed by atoms with Crippen LogP contribution in [-0.2, 0) is 12.0 Å². The number of benzene rings is 1. The predicted molar refractivity (Wildman–Crippen MR) is 78.6 cm³/mol. The van der Waals surface area contributed by atoms with Crippen molar-refractivity contribution in [1.29, 1.82) is 0 Å². The van der Waals surface area contributed by atoms with E-state index in [0.29, 0.717) is 11.4 Å². The predicted octanol–water partition coefficient (Wildman–Crippen LogP) is 3.91. The fourth-order valence-electron chi connectivity index (χ4n) is 1.83. The molecule has 4 heteroatoms. The van der Waals surface area contributed by atoms with Gasteiger partial charge in [0.05, 0.1) is 0 Å². The van der Waals surface area contributed by atoms with Crippen LogP contribution in [0.2, 0.25) is 5.02 Å². The van der Waals surface area contributed by atoms with Gasteiger partial charge in [-0.25, -0.2) is 0 Å². The van der Waals surface area contributed by atoms with Crippen LogP contribution < -0.4 is 5.73 Å². The van der Waals surface area contributed by atoms with Crippen LogP contribution in [-0.4, -0.2) is 4.98 Å². The molecule has 18 heavy (non-hydrogen) atoms. The highest BCUT2D eigenvalue weighted by molar-refractivity contribution is 9.10. The topological polar surface area (TPSA) is 38.9 Å². The molecule has 0 saturated carbocycles. The summed E-state index contributed by atoms with van der Waals surface area (Å²) in [6.07, 6.45) is 2.45. The molecule has 0 saturated heterocycles. The first-order valence-corrected chi connectivity index (χ1v) is 6.80. The average Bonchev–Trinajstić information content (AvgIpc) is 2.32. The summed E-state index contributed by atoms with van der Waals surface area (Å²) < 4.78 is 0.965. The molecule has 2 N–H and O–H groups in total. The molecular formula is C14H14BrClN2. The average molecular weight is 326 g/mol. The van der Waals surface area contributed by atoms with Crippen molar-refractivity contribution in [2.24, 2.45) is 5.73 Å². The molecule has 1 aromatic heterocycles. The second kappa shape index (κ2) is 5.39. The molecule has 0 aliphatic carbocycles. The Morgan fingerprint density at radius 2 is 2.11 bits per heavy atom. The summed E-state index contributed by atoms with van der Waals surface area (Å²) in [5, 5.41) is 0.702. The van der Waals surface area contributed by atoms with Crippen LogP contribution >= 0.6 is 27.5 Å². The number of hydrogen-bond acceptors (Lipinski definition) is 2. The molecule has 1 aromatic carbocycles. The second-order valence-electron chi connectivity index (χ2n) is 4.57. The van der Waals surface area contributed by atoms with Crippen LogP contribution in [0.5, 0.6) is 0 Å². The summed E-state index contributed by atoms with van der Waals surface area (Å²) in [5.74, 6) is 0. The Kier molecular flexibility index (Phi) is 4.05. The number of pyridine rings is 1. The quantitative estimate of drug-likeness (QED) is 0.929. The minimum atomic E-state index is -0.480. The first-order valence-electron chi connectivity index (χ1n) is 5.63. The van der Waals surface area contributed by atoms with E-state index < -0.39 is 5.54 Å². The Hall–Kier alpha value is -0.900. The molecule has 0 fully saturated rings. The van der Waals surface area contributed by atoms with E-state index in [1.807, 2.05) is 43.3 Å². The van der Waals surface area contributed by atoms with Crippen LogP contribution in [0.3, 0.4) is 0 Å². The Morgan fingerprint density at radius 1 is 1.33 bits per heavy atom. The van der Waals surface area contributed by atoms with Gasteiger partial charge < -0.3 is 5.73 Å². The van der Waals surface area contributed by atoms with Gasteiger partial charge in [-0.3, -0.25) is 4.98 Å². The molecular weight excluding hydrogens is 312 g/mol. The Morgan fingerprint density at radius 3 is 2.72 bits per heavy atom. The van der Waals surface area contributed by atoms with Crippen LogP contribution in [0.1, 0.15) is 18.2 Å². The molecule has 0 bridgehead atoms. The van der Waals surface area contributed by atoms with E-state index in [1.54, 1.807) is 6.20 Å². The highest BCUT2D eigenvalue weighted by atomic mass is 79.9. The number of halogens is 2. The van der Waals surface area contributed by atoms with E-state index in [4.69, 9.17) is 17.3 Å². The van der Waals surface area contributed by atoms with E-state index >= 15 is 0 Å². The van der Waals surface area contributed by atoms with Crippen molar-refractivity contribution >= 4 is 27.5 Å². The fraction of sp³-hybridized carbons (Fsp3) is 0.214. The third-order valence-corrected chi connectivity index (χ3v) is 3.53. The highest BCUT2D eigenvalue weighted by Crippen LogP contribution is 2.24. The third-order valence-electron chi connectivity index (χ3n) is 2.82. The Balaban J connectivity index is 2.23. The molecule has 0 aliphatic rings. The largest absolute Gasteiger partial charge is 0.321 e. The molecule has 94 valence electrons. The number of rotatable bonds is 3. The van der Waals surface area contributed by atoms with E-state index in [0.717, 1.165) is 15.7 Å². The maximum atomic E-state index is 6.37. The zero-order valence-electron chi connectivity index (χ0n) is 10.0. The minimum absolute atomic E-state index is 0.480. The molecule has 1 atom stereocenters. The van der Waals surface area contributed by atoms with Crippen molar-refractivity contribution in [2.45, 2.75) is 18.9 Å². The van der Waals surface area contributed by atoms with E-state index in [2.05, 4.69) is 20.9 Å². The normalized spacial score (nSPS) is 14.2. The van der Waals surface area contributed by atoms with Crippen LogP contribution in [0.4, 0.5) is 0 Å². The van der Waals surface area contributed by atoms with Gasteiger partial charge >= 0.3 is 0 Å². The lowest BCUT2D eigenvalue weighted by Crippen LogP contribution is -2.35. The van der Waals surface area contributed by atoms with Gasteiger partial charge in [-0.15, -0.1) is 0 Å². The molecule has 2 rings (SSSR count). The zero-order valence-corrected chi connectivity index (χ0v) is 12.4. The van der Waals surface area contributed by atoms with Gasteiger partial charge in [0, 0.05) is 33.3 Å². The molecule has 2 nitrogen and oxygen atoms in total. The maximum absolute atomic E-state index is 6.37. The van der Waals surface area contributed by atoms with Gasteiger partial charge in [0.25, 0.3) is 0 Å². The van der Waals surface area contributed by atoms with Crippen LogP contribution in [0.25, 0.3) is 0 Å². The maximum Gasteiger partial charge on any atom is 0.0437 e. The van der Waals surface area contributed by atoms with E-state index in [-0.39, 0.29) is 0 Å². The summed E-state index contributed by atoms with van der Waals surface area (Å²) in [4.78, 5) is 4.35. The standard InChI is InChI=1S/C14H14BrClN2/c1-14(17,10-3-2-4-12(16)7-10)8-13-6-5-11(15)9-18-13/h2-7,9H,8,17H2,1H3. The summed E-state index contributed by atoms with van der Waals surface area (Å²) in [5.41, 5.74) is 7.86. The van der Waals surface area contributed by atoms with Gasteiger partial charge in [0.2, 0.25) is 0 Å². The van der Waals surface area contributed by atoms with Crippen molar-refractivity contribution in [1.82, 2.24) is 4.98 Å². The van der Waals surface area contributed by atoms with Gasteiger partial charge in [-0.2, -0.15) is 0 Å². The number of hydrogen-bond donors (Lipinski definition) is 1. The number of nitrogens with two attached hydrogens (primary N) is 1. The van der Waals surface area contributed by atoms with Gasteiger partial charge in [0.15, 0.2) is 0 Å². The summed E-state index contributed by atoms with van der Waals surface area (Å²) in [6.45, 7) is 1.99. The third kappa shape index (κ3) is 3.31. The fourth-order valence-corrected chi connectivity index (χ4v) is 2.26. The summed E-state index contributed by atoms with van der Waals surface area (Å²) in [6, 6.07) is 11.6. The molecule has 1 unspecified atom stereocenters. The lowest BCUT2D eigenvalue weighted by atomic mass is 9.88. The highest BCUT2D eigenvalue weighted by Gasteiger charge is 2.22. The van der Waals surface area contributed by atoms with E-state index in [9.17, 15) is 0 Å². The van der Waals surface area contributed by atoms with Crippen LogP contribution in [0.15, 0.2) is 47.1 Å². The Labute approximate surface area is 120 Å². The molecule has 2 aromatic rings. The van der Waals surface area contributed by atoms with Crippen molar-refractivity contribution < 1.29 is 0 Å². The van der Waals surface area contributed by atoms with E-state index in [1.165, 1.54) is 0 Å². The van der Waals surface area contributed by atoms with Crippen molar-refractivity contribution in [2.75, 3.05) is 0 Å². The molecule has 1 heterocycles. The lowest BCUT2D eigenvalue weighted by molar-refractivity contribution is 0.485. The molecule has 0 radical (unpaired) electrons. The Bertz CT molecular complexity index is 538. The summed E-state index contributed by atoms with van der Waals surface area (Å²) in [7, 11) is 0. The second-order valence-corrected chi connectivity index (χ2v) is 5.92. The van der Waals surface area contributed by atoms with Gasteiger partial charge in [0.1, 0.15) is 0 Å². The number of nitrogens with zero attached hydrogens (tertiary/aromatic N) is 1. The molecule has 0 spiro atoms. The van der Waals surface area contributed by atoms with Crippen molar-refractivity contribution in [3.05, 3.63) is 63.3 Å². The van der Waals surface area contributed by atoms with Crippen LogP contribution in [0, 0.1) is 0 Å². The van der Waals surface area contributed by atoms with Crippen molar-refractivity contribution in [3.8, 4) is 0 Å². The van der Waals surface area contributed by atoms with Crippen molar-refractivity contribution in [3.63, 3.8) is 0 Å². The SMILES string of the molecule is CC(N)(Cc1ccc(Br)cn1)c1cccc(Cl)c1. The first kappa shape index (κ1) is 13.5. The monoisotopic (exact) mass is 324 g/mol. The smallest absolute Gasteiger partial charge is 0.0437 e. The zero-order chi connectivity index (χ0) is 13.2. The first-order chi connectivity index (χ1) is 8.47. The van der Waals surface area contributed by atoms with Gasteiger partial charge in [-0.1, -0.05) is 23.7 Å². The van der Waals surface area contributed by atoms with Gasteiger partial charge in [-0.05, 0) is 52.7 Å². The number of aromatic nitrogens is 1. The summed E-state index contributed by atoms with van der Waals surface area (Å²) >= 11 is 9.37. The molecule has 0 aliphatic heterocycles. The minimum Gasteiger partial charge on any atom is -0.321 e.